The van der Waals surface area contributed by atoms with Crippen molar-refractivity contribution in [1.82, 2.24) is 9.62 Å². The highest BCUT2D eigenvalue weighted by Crippen LogP contribution is 2.17. The van der Waals surface area contributed by atoms with Gasteiger partial charge < -0.3 is 10.4 Å². The predicted molar refractivity (Wildman–Crippen MR) is 75.7 cm³/mol. The molecule has 8 heteroatoms. The summed E-state index contributed by atoms with van der Waals surface area (Å²) in [4.78, 5) is 20.3. The number of nitrogens with one attached hydrogen (secondary N) is 1. The average molecular weight is 312 g/mol. The van der Waals surface area contributed by atoms with Gasteiger partial charge >= 0.3 is 0 Å². The van der Waals surface area contributed by atoms with Gasteiger partial charge in [-0.05, 0) is 19.1 Å². The van der Waals surface area contributed by atoms with E-state index in [-0.39, 0.29) is 17.3 Å². The van der Waals surface area contributed by atoms with Crippen molar-refractivity contribution >= 4 is 21.9 Å². The lowest BCUT2D eigenvalue weighted by atomic mass is 10.2. The van der Waals surface area contributed by atoms with E-state index in [9.17, 15) is 13.2 Å². The fourth-order valence-corrected chi connectivity index (χ4v) is 2.72. The molecule has 0 fully saturated rings. The lowest BCUT2D eigenvalue weighted by Crippen LogP contribution is -2.39. The number of rotatable bonds is 2. The molecule has 0 aromatic heterocycles. The Hall–Kier alpha value is -2.35. The van der Waals surface area contributed by atoms with Crippen LogP contribution in [0, 0.1) is 6.92 Å². The standard InChI is InChI=1S/C11H12N2O3S.C2H4O2/c1-9-2-4-10(5-3-9)17(15,16)13-7-6-12-11(14)8-13;1-2(3)4/h2-7H,8H2,1H3,(H,12,14);1H3,(H,3,4). The molecule has 0 bridgehead atoms. The molecule has 21 heavy (non-hydrogen) atoms. The Balaban J connectivity index is 0.000000491. The van der Waals surface area contributed by atoms with Gasteiger partial charge in [0.05, 0.1) is 4.90 Å². The summed E-state index contributed by atoms with van der Waals surface area (Å²) in [7, 11) is -3.63. The maximum Gasteiger partial charge on any atom is 0.300 e. The van der Waals surface area contributed by atoms with Crippen LogP contribution in [0.5, 0.6) is 0 Å². The van der Waals surface area contributed by atoms with Crippen molar-refractivity contribution in [2.24, 2.45) is 0 Å². The van der Waals surface area contributed by atoms with E-state index in [2.05, 4.69) is 5.32 Å². The molecule has 0 radical (unpaired) electrons. The zero-order valence-corrected chi connectivity index (χ0v) is 12.4. The number of amides is 1. The normalized spacial score (nSPS) is 14.0. The molecule has 1 aliphatic heterocycles. The molecule has 1 aliphatic rings. The number of carboxylic acids is 1. The van der Waals surface area contributed by atoms with Crippen LogP contribution in [0.1, 0.15) is 12.5 Å². The van der Waals surface area contributed by atoms with E-state index in [4.69, 9.17) is 9.90 Å². The number of sulfonamides is 1. The molecular weight excluding hydrogens is 296 g/mol. The quantitative estimate of drug-likeness (QED) is 0.835. The number of aryl methyl sites for hydroxylation is 1. The minimum atomic E-state index is -3.63. The second kappa shape index (κ2) is 6.89. The summed E-state index contributed by atoms with van der Waals surface area (Å²) in [5.41, 5.74) is 0.982. The minimum Gasteiger partial charge on any atom is -0.481 e. The third-order valence-electron chi connectivity index (χ3n) is 2.41. The first-order chi connectivity index (χ1) is 9.73. The largest absolute Gasteiger partial charge is 0.481 e. The zero-order valence-electron chi connectivity index (χ0n) is 11.6. The number of benzene rings is 1. The van der Waals surface area contributed by atoms with E-state index in [0.29, 0.717) is 0 Å². The molecule has 0 spiro atoms. The van der Waals surface area contributed by atoms with Crippen LogP contribution < -0.4 is 5.32 Å². The summed E-state index contributed by atoms with van der Waals surface area (Å²) in [5.74, 6) is -1.18. The van der Waals surface area contributed by atoms with Gasteiger partial charge in [-0.15, -0.1) is 0 Å². The number of carbonyl (C=O) groups excluding carboxylic acids is 1. The molecule has 1 aromatic carbocycles. The highest BCUT2D eigenvalue weighted by atomic mass is 32.2. The Bertz CT molecular complexity index is 646. The molecule has 0 unspecified atom stereocenters. The van der Waals surface area contributed by atoms with E-state index in [1.807, 2.05) is 6.92 Å². The Morgan fingerprint density at radius 2 is 1.81 bits per heavy atom. The van der Waals surface area contributed by atoms with E-state index in [0.717, 1.165) is 16.8 Å². The molecule has 0 atom stereocenters. The fourth-order valence-electron chi connectivity index (χ4n) is 1.46. The van der Waals surface area contributed by atoms with Crippen molar-refractivity contribution in [2.45, 2.75) is 18.7 Å². The SMILES string of the molecule is CC(=O)O.Cc1ccc(S(=O)(=O)N2C=CNC(=O)C2)cc1. The molecule has 0 saturated carbocycles. The molecule has 114 valence electrons. The second-order valence-electron chi connectivity index (χ2n) is 4.27. The third kappa shape index (κ3) is 4.92. The van der Waals surface area contributed by atoms with E-state index < -0.39 is 16.0 Å². The Morgan fingerprint density at radius 1 is 1.29 bits per heavy atom. The summed E-state index contributed by atoms with van der Waals surface area (Å²) < 4.78 is 25.3. The molecule has 1 aromatic rings. The first-order valence-electron chi connectivity index (χ1n) is 5.97. The number of nitrogens with zero attached hydrogens (tertiary/aromatic N) is 1. The fraction of sp³-hybridized carbons (Fsp3) is 0.231. The lowest BCUT2D eigenvalue weighted by Gasteiger charge is -2.22. The van der Waals surface area contributed by atoms with E-state index in [1.165, 1.54) is 24.5 Å². The average Bonchev–Trinajstić information content (AvgIpc) is 2.38. The topological polar surface area (TPSA) is 104 Å². The van der Waals surface area contributed by atoms with Crippen LogP contribution >= 0.6 is 0 Å². The molecule has 1 amide bonds. The number of hydrogen-bond acceptors (Lipinski definition) is 4. The Kier molecular flexibility index (Phi) is 5.48. The van der Waals surface area contributed by atoms with E-state index in [1.54, 1.807) is 12.1 Å². The van der Waals surface area contributed by atoms with Gasteiger partial charge in [-0.3, -0.25) is 13.9 Å². The van der Waals surface area contributed by atoms with Crippen molar-refractivity contribution in [3.05, 3.63) is 42.2 Å². The van der Waals surface area contributed by atoms with Crippen LogP contribution in [-0.2, 0) is 19.6 Å². The van der Waals surface area contributed by atoms with Gasteiger partial charge in [-0.25, -0.2) is 8.42 Å². The molecule has 2 N–H and O–H groups in total. The summed E-state index contributed by atoms with van der Waals surface area (Å²) >= 11 is 0. The lowest BCUT2D eigenvalue weighted by molar-refractivity contribution is -0.134. The molecule has 0 aliphatic carbocycles. The third-order valence-corrected chi connectivity index (χ3v) is 4.15. The summed E-state index contributed by atoms with van der Waals surface area (Å²) in [6, 6.07) is 6.51. The van der Waals surface area contributed by atoms with E-state index >= 15 is 0 Å². The van der Waals surface area contributed by atoms with Crippen LogP contribution in [0.4, 0.5) is 0 Å². The predicted octanol–water partition coefficient (Wildman–Crippen LogP) is 0.678. The number of hydrogen-bond donors (Lipinski definition) is 2. The number of aliphatic carboxylic acids is 1. The van der Waals surface area contributed by atoms with Crippen molar-refractivity contribution in [1.29, 1.82) is 0 Å². The maximum atomic E-state index is 12.1. The van der Waals surface area contributed by atoms with Crippen LogP contribution in [0.2, 0.25) is 0 Å². The van der Waals surface area contributed by atoms with Gasteiger partial charge in [0.25, 0.3) is 16.0 Å². The van der Waals surface area contributed by atoms with Crippen LogP contribution in [0.25, 0.3) is 0 Å². The van der Waals surface area contributed by atoms with Gasteiger partial charge in [-0.1, -0.05) is 17.7 Å². The second-order valence-corrected chi connectivity index (χ2v) is 6.16. The van der Waals surface area contributed by atoms with Crippen molar-refractivity contribution in [3.63, 3.8) is 0 Å². The minimum absolute atomic E-state index is 0.183. The van der Waals surface area contributed by atoms with Crippen molar-refractivity contribution in [2.75, 3.05) is 6.54 Å². The Labute approximate surface area is 122 Å². The zero-order chi connectivity index (χ0) is 16.0. The highest BCUT2D eigenvalue weighted by molar-refractivity contribution is 7.89. The summed E-state index contributed by atoms with van der Waals surface area (Å²) in [6.07, 6.45) is 2.66. The van der Waals surface area contributed by atoms with Gasteiger partial charge in [-0.2, -0.15) is 0 Å². The smallest absolute Gasteiger partial charge is 0.300 e. The molecule has 7 nitrogen and oxygen atoms in total. The summed E-state index contributed by atoms with van der Waals surface area (Å²) in [6.45, 7) is 2.78. The molecular formula is C13H16N2O5S. The van der Waals surface area contributed by atoms with Crippen LogP contribution in [-0.4, -0.2) is 36.3 Å². The molecule has 0 saturated heterocycles. The maximum absolute atomic E-state index is 12.1. The monoisotopic (exact) mass is 312 g/mol. The van der Waals surface area contributed by atoms with Crippen molar-refractivity contribution in [3.8, 4) is 0 Å². The van der Waals surface area contributed by atoms with Gasteiger partial charge in [0, 0.05) is 19.3 Å². The molecule has 1 heterocycles. The highest BCUT2D eigenvalue weighted by Gasteiger charge is 2.25. The summed E-state index contributed by atoms with van der Waals surface area (Å²) in [5, 5.41) is 9.84. The molecule has 2 rings (SSSR count). The number of carbonyl (C=O) groups is 2. The van der Waals surface area contributed by atoms with Gasteiger partial charge in [0.15, 0.2) is 0 Å². The van der Waals surface area contributed by atoms with Crippen LogP contribution in [0.3, 0.4) is 0 Å². The van der Waals surface area contributed by atoms with Gasteiger partial charge in [0.1, 0.15) is 6.54 Å². The number of carboxylic acid groups (broad SMARTS) is 1. The Morgan fingerprint density at radius 3 is 2.29 bits per heavy atom. The first kappa shape index (κ1) is 16.7. The first-order valence-corrected chi connectivity index (χ1v) is 7.41. The van der Waals surface area contributed by atoms with Gasteiger partial charge in [0.2, 0.25) is 5.91 Å². The van der Waals surface area contributed by atoms with Crippen molar-refractivity contribution < 1.29 is 23.1 Å². The van der Waals surface area contributed by atoms with Crippen LogP contribution in [0.15, 0.2) is 41.6 Å².